The van der Waals surface area contributed by atoms with E-state index in [1.807, 2.05) is 38.5 Å². The van der Waals surface area contributed by atoms with Gasteiger partial charge in [-0.25, -0.2) is 15.0 Å². The predicted molar refractivity (Wildman–Crippen MR) is 89.6 cm³/mol. The van der Waals surface area contributed by atoms with Crippen molar-refractivity contribution in [1.29, 1.82) is 0 Å². The fraction of sp³-hybridized carbons (Fsp3) is 0.529. The highest BCUT2D eigenvalue weighted by Gasteiger charge is 2.39. The van der Waals surface area contributed by atoms with Gasteiger partial charge in [-0.3, -0.25) is 4.98 Å². The molecule has 2 atom stereocenters. The van der Waals surface area contributed by atoms with Crippen molar-refractivity contribution in [3.8, 4) is 0 Å². The maximum absolute atomic E-state index is 4.67. The van der Waals surface area contributed by atoms with Gasteiger partial charge in [0.25, 0.3) is 0 Å². The van der Waals surface area contributed by atoms with Gasteiger partial charge >= 0.3 is 0 Å². The Morgan fingerprint density at radius 3 is 2.74 bits per heavy atom. The van der Waals surface area contributed by atoms with Crippen molar-refractivity contribution >= 4 is 11.8 Å². The lowest BCUT2D eigenvalue weighted by atomic mass is 9.92. The van der Waals surface area contributed by atoms with Crippen molar-refractivity contribution in [1.82, 2.24) is 19.9 Å². The van der Waals surface area contributed by atoms with Crippen LogP contribution in [0.4, 0.5) is 11.8 Å². The van der Waals surface area contributed by atoms with Crippen LogP contribution in [0.5, 0.6) is 0 Å². The van der Waals surface area contributed by atoms with E-state index in [4.69, 9.17) is 0 Å². The quantitative estimate of drug-likeness (QED) is 0.845. The molecule has 6 heteroatoms. The molecule has 4 rings (SSSR count). The molecule has 2 saturated heterocycles. The molecule has 120 valence electrons. The fourth-order valence-corrected chi connectivity index (χ4v) is 3.78. The molecule has 0 bridgehead atoms. The second-order valence-electron chi connectivity index (χ2n) is 6.56. The minimum atomic E-state index is 0.476. The molecule has 2 aliphatic heterocycles. The van der Waals surface area contributed by atoms with Gasteiger partial charge in [-0.15, -0.1) is 0 Å². The molecule has 0 radical (unpaired) electrons. The number of aryl methyl sites for hydroxylation is 2. The number of hydrogen-bond acceptors (Lipinski definition) is 6. The summed E-state index contributed by atoms with van der Waals surface area (Å²) >= 11 is 0. The number of piperidine rings is 1. The van der Waals surface area contributed by atoms with Crippen molar-refractivity contribution in [2.75, 3.05) is 29.4 Å². The summed E-state index contributed by atoms with van der Waals surface area (Å²) in [7, 11) is 0. The van der Waals surface area contributed by atoms with Crippen LogP contribution in [0.25, 0.3) is 0 Å². The van der Waals surface area contributed by atoms with Crippen LogP contribution < -0.4 is 9.80 Å². The molecule has 0 amide bonds. The highest BCUT2D eigenvalue weighted by atomic mass is 15.3. The summed E-state index contributed by atoms with van der Waals surface area (Å²) in [6, 6.07) is 2.42. The van der Waals surface area contributed by atoms with E-state index in [0.29, 0.717) is 6.04 Å². The average Bonchev–Trinajstić information content (AvgIpc) is 2.98. The van der Waals surface area contributed by atoms with Gasteiger partial charge in [-0.1, -0.05) is 0 Å². The van der Waals surface area contributed by atoms with Crippen LogP contribution in [0, 0.1) is 19.8 Å². The number of hydrogen-bond donors (Lipinski definition) is 0. The molecule has 6 nitrogen and oxygen atoms in total. The van der Waals surface area contributed by atoms with Crippen LogP contribution in [0.1, 0.15) is 24.2 Å². The summed E-state index contributed by atoms with van der Waals surface area (Å²) in [5, 5.41) is 0. The molecule has 2 fully saturated rings. The zero-order valence-electron chi connectivity index (χ0n) is 13.7. The van der Waals surface area contributed by atoms with E-state index in [2.05, 4.69) is 29.7 Å². The van der Waals surface area contributed by atoms with Gasteiger partial charge in [-0.05, 0) is 38.7 Å². The first-order valence-electron chi connectivity index (χ1n) is 8.30. The van der Waals surface area contributed by atoms with Gasteiger partial charge in [0.1, 0.15) is 5.82 Å². The van der Waals surface area contributed by atoms with Gasteiger partial charge in [0.2, 0.25) is 5.95 Å². The normalized spacial score (nSPS) is 23.9. The molecule has 2 aromatic rings. The summed E-state index contributed by atoms with van der Waals surface area (Å²) in [5.74, 6) is 2.59. The number of fused-ring (bicyclic) bond motifs is 1. The van der Waals surface area contributed by atoms with E-state index in [1.165, 1.54) is 12.8 Å². The van der Waals surface area contributed by atoms with Crippen LogP contribution in [0.15, 0.2) is 24.7 Å². The largest absolute Gasteiger partial charge is 0.350 e. The van der Waals surface area contributed by atoms with Crippen LogP contribution in [-0.2, 0) is 0 Å². The SMILES string of the molecule is Cc1cncc(N2CCC3CCN(c4nccc(C)n4)CC32)n1. The highest BCUT2D eigenvalue weighted by molar-refractivity contribution is 5.43. The minimum absolute atomic E-state index is 0.476. The van der Waals surface area contributed by atoms with E-state index < -0.39 is 0 Å². The zero-order chi connectivity index (χ0) is 15.8. The minimum Gasteiger partial charge on any atom is -0.350 e. The van der Waals surface area contributed by atoms with Gasteiger partial charge in [-0.2, -0.15) is 0 Å². The molecular weight excluding hydrogens is 288 g/mol. The Morgan fingerprint density at radius 2 is 1.91 bits per heavy atom. The molecule has 0 N–H and O–H groups in total. The molecule has 2 aliphatic rings. The topological polar surface area (TPSA) is 58.0 Å². The lowest BCUT2D eigenvalue weighted by Crippen LogP contribution is -2.49. The summed E-state index contributed by atoms with van der Waals surface area (Å²) in [6.07, 6.45) is 7.98. The third-order valence-electron chi connectivity index (χ3n) is 4.96. The third-order valence-corrected chi connectivity index (χ3v) is 4.96. The van der Waals surface area contributed by atoms with Gasteiger partial charge in [0, 0.05) is 37.7 Å². The zero-order valence-corrected chi connectivity index (χ0v) is 13.7. The summed E-state index contributed by atoms with van der Waals surface area (Å²) in [5.41, 5.74) is 1.99. The van der Waals surface area contributed by atoms with Crippen molar-refractivity contribution in [2.45, 2.75) is 32.7 Å². The Morgan fingerprint density at radius 1 is 1.04 bits per heavy atom. The van der Waals surface area contributed by atoms with Crippen LogP contribution >= 0.6 is 0 Å². The molecule has 23 heavy (non-hydrogen) atoms. The first-order valence-corrected chi connectivity index (χ1v) is 8.30. The van der Waals surface area contributed by atoms with Crippen LogP contribution in [0.2, 0.25) is 0 Å². The van der Waals surface area contributed by atoms with Gasteiger partial charge in [0.15, 0.2) is 0 Å². The van der Waals surface area contributed by atoms with Crippen molar-refractivity contribution in [3.63, 3.8) is 0 Å². The van der Waals surface area contributed by atoms with Crippen molar-refractivity contribution in [2.24, 2.45) is 5.92 Å². The number of rotatable bonds is 2. The van der Waals surface area contributed by atoms with Gasteiger partial charge in [0.05, 0.1) is 17.9 Å². The third kappa shape index (κ3) is 2.73. The van der Waals surface area contributed by atoms with E-state index in [9.17, 15) is 0 Å². The Labute approximate surface area is 136 Å². The van der Waals surface area contributed by atoms with E-state index in [0.717, 1.165) is 48.7 Å². The molecular formula is C17H22N6. The van der Waals surface area contributed by atoms with Crippen LogP contribution in [0.3, 0.4) is 0 Å². The molecule has 0 aliphatic carbocycles. The van der Waals surface area contributed by atoms with Crippen molar-refractivity contribution in [3.05, 3.63) is 36.0 Å². The fourth-order valence-electron chi connectivity index (χ4n) is 3.78. The lowest BCUT2D eigenvalue weighted by Gasteiger charge is -2.38. The Bertz CT molecular complexity index is 703. The standard InChI is InChI=1S/C17H22N6/c1-12-3-6-19-17(21-12)22-7-4-14-5-8-23(15(14)11-22)16-10-18-9-13(2)20-16/h3,6,9-10,14-15H,4-5,7-8,11H2,1-2H3. The first kappa shape index (κ1) is 14.4. The smallest absolute Gasteiger partial charge is 0.225 e. The number of aromatic nitrogens is 4. The van der Waals surface area contributed by atoms with Gasteiger partial charge < -0.3 is 9.80 Å². The number of anilines is 2. The number of nitrogens with zero attached hydrogens (tertiary/aromatic N) is 6. The van der Waals surface area contributed by atoms with Crippen LogP contribution in [-0.4, -0.2) is 45.6 Å². The second kappa shape index (κ2) is 5.76. The molecule has 2 unspecified atom stereocenters. The molecule has 0 saturated carbocycles. The van der Waals surface area contributed by atoms with Crippen molar-refractivity contribution < 1.29 is 0 Å². The van der Waals surface area contributed by atoms with E-state index in [-0.39, 0.29) is 0 Å². The predicted octanol–water partition coefficient (Wildman–Crippen LogP) is 1.99. The molecule has 4 heterocycles. The molecule has 0 aromatic carbocycles. The Hall–Kier alpha value is -2.24. The first-order chi connectivity index (χ1) is 11.2. The lowest BCUT2D eigenvalue weighted by molar-refractivity contribution is 0.386. The monoisotopic (exact) mass is 310 g/mol. The Kier molecular flexibility index (Phi) is 3.59. The summed E-state index contributed by atoms with van der Waals surface area (Å²) < 4.78 is 0. The van der Waals surface area contributed by atoms with E-state index >= 15 is 0 Å². The summed E-state index contributed by atoms with van der Waals surface area (Å²) in [4.78, 5) is 22.8. The molecule has 0 spiro atoms. The highest BCUT2D eigenvalue weighted by Crippen LogP contribution is 2.35. The molecule has 2 aromatic heterocycles. The maximum atomic E-state index is 4.67. The summed E-state index contributed by atoms with van der Waals surface area (Å²) in [6.45, 7) is 7.08. The van der Waals surface area contributed by atoms with E-state index in [1.54, 1.807) is 0 Å². The second-order valence-corrected chi connectivity index (χ2v) is 6.56. The Balaban J connectivity index is 1.57. The average molecular weight is 310 g/mol. The maximum Gasteiger partial charge on any atom is 0.225 e.